The molecule has 1 aliphatic rings. The molecule has 1 saturated heterocycles. The summed E-state index contributed by atoms with van der Waals surface area (Å²) in [6.07, 6.45) is -0.909. The summed E-state index contributed by atoms with van der Waals surface area (Å²) in [6, 6.07) is 15.3. The summed E-state index contributed by atoms with van der Waals surface area (Å²) in [7, 11) is -3.64. The Bertz CT molecular complexity index is 830. The lowest BCUT2D eigenvalue weighted by Crippen LogP contribution is -2.48. The van der Waals surface area contributed by atoms with Crippen molar-refractivity contribution >= 4 is 27.5 Å². The number of sulfonamides is 1. The summed E-state index contributed by atoms with van der Waals surface area (Å²) in [5, 5.41) is 8.98. The van der Waals surface area contributed by atoms with Gasteiger partial charge in [-0.1, -0.05) is 18.2 Å². The zero-order chi connectivity index (χ0) is 17.9. The van der Waals surface area contributed by atoms with Gasteiger partial charge in [-0.25, -0.2) is 13.2 Å². The highest BCUT2D eigenvalue weighted by atomic mass is 32.2. The van der Waals surface area contributed by atoms with Crippen LogP contribution in [0.2, 0.25) is 0 Å². The Morgan fingerprint density at radius 1 is 0.920 bits per heavy atom. The van der Waals surface area contributed by atoms with Crippen molar-refractivity contribution in [2.24, 2.45) is 0 Å². The van der Waals surface area contributed by atoms with Crippen LogP contribution in [0, 0.1) is 0 Å². The van der Waals surface area contributed by atoms with Gasteiger partial charge in [0.25, 0.3) is 10.0 Å². The molecule has 3 rings (SSSR count). The van der Waals surface area contributed by atoms with Crippen molar-refractivity contribution in [1.82, 2.24) is 4.90 Å². The maximum absolute atomic E-state index is 12.4. The van der Waals surface area contributed by atoms with Crippen LogP contribution in [0.5, 0.6) is 0 Å². The van der Waals surface area contributed by atoms with E-state index in [1.807, 2.05) is 11.0 Å². The van der Waals surface area contributed by atoms with Crippen LogP contribution < -0.4 is 9.62 Å². The topological polar surface area (TPSA) is 90.0 Å². The molecule has 0 spiro atoms. The minimum absolute atomic E-state index is 0.185. The van der Waals surface area contributed by atoms with Gasteiger partial charge in [-0.3, -0.25) is 4.72 Å². The quantitative estimate of drug-likeness (QED) is 0.872. The first-order valence-corrected chi connectivity index (χ1v) is 9.35. The normalized spacial score (nSPS) is 15.0. The molecule has 1 heterocycles. The number of anilines is 2. The molecule has 25 heavy (non-hydrogen) atoms. The number of amides is 1. The first kappa shape index (κ1) is 17.1. The van der Waals surface area contributed by atoms with Crippen molar-refractivity contribution in [1.29, 1.82) is 0 Å². The van der Waals surface area contributed by atoms with E-state index in [-0.39, 0.29) is 4.90 Å². The van der Waals surface area contributed by atoms with Crippen LogP contribution in [-0.4, -0.2) is 50.7 Å². The van der Waals surface area contributed by atoms with Gasteiger partial charge in [0.05, 0.1) is 4.90 Å². The zero-order valence-corrected chi connectivity index (χ0v) is 14.3. The van der Waals surface area contributed by atoms with Crippen molar-refractivity contribution in [2.45, 2.75) is 4.90 Å². The van der Waals surface area contributed by atoms with Gasteiger partial charge in [-0.15, -0.1) is 0 Å². The summed E-state index contributed by atoms with van der Waals surface area (Å²) in [4.78, 5) is 14.5. The van der Waals surface area contributed by atoms with Crippen LogP contribution in [0.15, 0.2) is 59.5 Å². The molecule has 0 bridgehead atoms. The van der Waals surface area contributed by atoms with Gasteiger partial charge in [0.15, 0.2) is 0 Å². The number of rotatable bonds is 4. The molecule has 0 atom stereocenters. The molecule has 2 aromatic carbocycles. The molecule has 0 unspecified atom stereocenters. The second-order valence-electron chi connectivity index (χ2n) is 5.72. The van der Waals surface area contributed by atoms with Gasteiger partial charge in [0, 0.05) is 37.6 Å². The number of nitrogens with zero attached hydrogens (tertiary/aromatic N) is 2. The zero-order valence-electron chi connectivity index (χ0n) is 13.5. The van der Waals surface area contributed by atoms with E-state index in [1.165, 1.54) is 4.90 Å². The number of carbonyl (C=O) groups is 1. The van der Waals surface area contributed by atoms with E-state index in [0.717, 1.165) is 5.69 Å². The number of para-hydroxylation sites is 1. The van der Waals surface area contributed by atoms with Crippen LogP contribution in [-0.2, 0) is 10.0 Å². The molecule has 0 saturated carbocycles. The van der Waals surface area contributed by atoms with E-state index < -0.39 is 16.1 Å². The lowest BCUT2D eigenvalue weighted by molar-refractivity contribution is 0.142. The van der Waals surface area contributed by atoms with Crippen LogP contribution in [0.25, 0.3) is 0 Å². The van der Waals surface area contributed by atoms with E-state index in [0.29, 0.717) is 31.9 Å². The maximum Gasteiger partial charge on any atom is 0.407 e. The number of hydrogen-bond donors (Lipinski definition) is 2. The molecule has 0 radical (unpaired) electrons. The average molecular weight is 361 g/mol. The van der Waals surface area contributed by atoms with Gasteiger partial charge in [-0.05, 0) is 36.4 Å². The fourth-order valence-corrected chi connectivity index (χ4v) is 3.77. The van der Waals surface area contributed by atoms with Gasteiger partial charge < -0.3 is 14.9 Å². The van der Waals surface area contributed by atoms with Crippen molar-refractivity contribution in [3.63, 3.8) is 0 Å². The van der Waals surface area contributed by atoms with Crippen LogP contribution >= 0.6 is 0 Å². The Balaban J connectivity index is 1.69. The van der Waals surface area contributed by atoms with Crippen molar-refractivity contribution in [3.05, 3.63) is 54.6 Å². The monoisotopic (exact) mass is 361 g/mol. The van der Waals surface area contributed by atoms with Crippen LogP contribution in [0.4, 0.5) is 16.2 Å². The predicted octanol–water partition coefficient (Wildman–Crippen LogP) is 2.29. The fourth-order valence-electron chi connectivity index (χ4n) is 2.71. The fraction of sp³-hybridized carbons (Fsp3) is 0.235. The molecule has 8 heteroatoms. The predicted molar refractivity (Wildman–Crippen MR) is 95.5 cm³/mol. The molecule has 7 nitrogen and oxygen atoms in total. The number of nitrogens with one attached hydrogen (secondary N) is 1. The molecule has 1 amide bonds. The minimum atomic E-state index is -3.64. The van der Waals surface area contributed by atoms with Gasteiger partial charge >= 0.3 is 6.09 Å². The minimum Gasteiger partial charge on any atom is -0.465 e. The van der Waals surface area contributed by atoms with Crippen molar-refractivity contribution in [3.8, 4) is 0 Å². The summed E-state index contributed by atoms with van der Waals surface area (Å²) in [5.74, 6) is 0. The lowest BCUT2D eigenvalue weighted by Gasteiger charge is -2.34. The summed E-state index contributed by atoms with van der Waals surface area (Å²) < 4.78 is 27.4. The summed E-state index contributed by atoms with van der Waals surface area (Å²) in [6.45, 7) is 2.04. The summed E-state index contributed by atoms with van der Waals surface area (Å²) in [5.41, 5.74) is 1.39. The number of piperazine rings is 1. The van der Waals surface area contributed by atoms with Crippen LogP contribution in [0.1, 0.15) is 0 Å². The molecule has 1 fully saturated rings. The molecule has 0 aliphatic carbocycles. The third-order valence-electron chi connectivity index (χ3n) is 4.09. The Kier molecular flexibility index (Phi) is 4.80. The van der Waals surface area contributed by atoms with Gasteiger partial charge in [-0.2, -0.15) is 0 Å². The smallest absolute Gasteiger partial charge is 0.407 e. The lowest BCUT2D eigenvalue weighted by atomic mass is 10.2. The molecular formula is C17H19N3O4S. The number of carboxylic acid groups (broad SMARTS) is 1. The third kappa shape index (κ3) is 4.03. The van der Waals surface area contributed by atoms with Gasteiger partial charge in [0.2, 0.25) is 0 Å². The Hall–Kier alpha value is -2.74. The molecular weight excluding hydrogens is 342 g/mol. The van der Waals surface area contributed by atoms with Crippen LogP contribution in [0.3, 0.4) is 0 Å². The molecule has 2 aromatic rings. The standard InChI is InChI=1S/C17H19N3O4S/c21-17(22)20-12-10-19(11-13-20)15-6-8-16(9-7-15)25(23,24)18-14-4-2-1-3-5-14/h1-9,18H,10-13H2,(H,21,22). The molecule has 1 aliphatic heterocycles. The highest BCUT2D eigenvalue weighted by Gasteiger charge is 2.21. The van der Waals surface area contributed by atoms with Gasteiger partial charge in [0.1, 0.15) is 0 Å². The summed E-state index contributed by atoms with van der Waals surface area (Å²) >= 11 is 0. The van der Waals surface area contributed by atoms with Crippen molar-refractivity contribution in [2.75, 3.05) is 35.8 Å². The first-order valence-electron chi connectivity index (χ1n) is 7.86. The first-order chi connectivity index (χ1) is 12.0. The number of hydrogen-bond acceptors (Lipinski definition) is 4. The second kappa shape index (κ2) is 7.02. The van der Waals surface area contributed by atoms with E-state index in [4.69, 9.17) is 5.11 Å². The Morgan fingerprint density at radius 3 is 2.08 bits per heavy atom. The molecule has 0 aromatic heterocycles. The molecule has 132 valence electrons. The highest BCUT2D eigenvalue weighted by Crippen LogP contribution is 2.21. The van der Waals surface area contributed by atoms with E-state index in [2.05, 4.69) is 4.72 Å². The largest absolute Gasteiger partial charge is 0.465 e. The number of benzene rings is 2. The molecule has 2 N–H and O–H groups in total. The third-order valence-corrected chi connectivity index (χ3v) is 5.49. The van der Waals surface area contributed by atoms with Crippen molar-refractivity contribution < 1.29 is 18.3 Å². The van der Waals surface area contributed by atoms with E-state index >= 15 is 0 Å². The second-order valence-corrected chi connectivity index (χ2v) is 7.40. The van der Waals surface area contributed by atoms with E-state index in [1.54, 1.807) is 48.5 Å². The average Bonchev–Trinajstić information content (AvgIpc) is 2.62. The van der Waals surface area contributed by atoms with E-state index in [9.17, 15) is 13.2 Å². The Morgan fingerprint density at radius 2 is 1.52 bits per heavy atom. The SMILES string of the molecule is O=C(O)N1CCN(c2ccc(S(=O)(=O)Nc3ccccc3)cc2)CC1. The Labute approximate surface area is 146 Å². The highest BCUT2D eigenvalue weighted by molar-refractivity contribution is 7.92. The maximum atomic E-state index is 12.4.